The van der Waals surface area contributed by atoms with Crippen molar-refractivity contribution < 1.29 is 23.7 Å². The van der Waals surface area contributed by atoms with Crippen LogP contribution >= 0.6 is 0 Å². The summed E-state index contributed by atoms with van der Waals surface area (Å²) in [6.07, 6.45) is 1.31. The van der Waals surface area contributed by atoms with Gasteiger partial charge in [0.15, 0.2) is 13.6 Å². The minimum absolute atomic E-state index is 0.00606. The van der Waals surface area contributed by atoms with Crippen LogP contribution in [-0.4, -0.2) is 70.4 Å². The summed E-state index contributed by atoms with van der Waals surface area (Å²) in [5.74, 6) is 2.41. The zero-order valence-electron chi connectivity index (χ0n) is 20.7. The van der Waals surface area contributed by atoms with Crippen LogP contribution in [0.4, 0.5) is 4.79 Å². The molecule has 0 radical (unpaired) electrons. The van der Waals surface area contributed by atoms with Crippen molar-refractivity contribution in [3.8, 4) is 17.6 Å². The number of ether oxygens (including phenoxy) is 4. The molecule has 4 aliphatic rings. The Morgan fingerprint density at radius 1 is 0.921 bits per heavy atom. The molecular formula is C27H26N6O5. The molecule has 2 unspecified atom stereocenters. The van der Waals surface area contributed by atoms with E-state index < -0.39 is 0 Å². The van der Waals surface area contributed by atoms with E-state index in [0.29, 0.717) is 38.1 Å². The first kappa shape index (κ1) is 23.2. The van der Waals surface area contributed by atoms with Gasteiger partial charge in [0.1, 0.15) is 23.9 Å². The molecule has 4 aliphatic heterocycles. The van der Waals surface area contributed by atoms with Gasteiger partial charge in [0.25, 0.3) is 5.82 Å². The number of nitriles is 1. The standard InChI is InChI=1S/C27H26N6O5/c28-7-25-29-14-33(30-25)27(34)32-10-21-8-31(9-22(21)11-32)26(17-1-3-23-19(5-17)12-35-15-37-23)18-2-4-24-20(6-18)13-36-16-38-24/h1-6,14,21-22,26H,8-13,15-16H2. The summed E-state index contributed by atoms with van der Waals surface area (Å²) >= 11 is 0. The summed E-state index contributed by atoms with van der Waals surface area (Å²) in [4.78, 5) is 21.1. The highest BCUT2D eigenvalue weighted by Crippen LogP contribution is 2.41. The number of nitrogens with zero attached hydrogens (tertiary/aromatic N) is 6. The normalized spacial score (nSPS) is 22.3. The van der Waals surface area contributed by atoms with Crippen molar-refractivity contribution in [1.82, 2.24) is 24.6 Å². The fourth-order valence-electron chi connectivity index (χ4n) is 6.12. The lowest BCUT2D eigenvalue weighted by molar-refractivity contribution is -0.0164. The Morgan fingerprint density at radius 3 is 2.08 bits per heavy atom. The SMILES string of the molecule is N#Cc1ncn(C(=O)N2CC3CN(C(c4ccc5c(c4)COCO5)c4ccc5c(c4)COCO5)CC3C2)n1. The largest absolute Gasteiger partial charge is 0.467 e. The molecular weight excluding hydrogens is 488 g/mol. The van der Waals surface area contributed by atoms with Gasteiger partial charge in [-0.25, -0.2) is 9.78 Å². The van der Waals surface area contributed by atoms with Gasteiger partial charge in [0, 0.05) is 37.3 Å². The van der Waals surface area contributed by atoms with Gasteiger partial charge in [0.2, 0.25) is 0 Å². The topological polar surface area (TPSA) is 115 Å². The molecule has 5 heterocycles. The number of likely N-dealkylation sites (tertiary alicyclic amines) is 2. The first-order chi connectivity index (χ1) is 18.7. The Bertz CT molecular complexity index is 1360. The van der Waals surface area contributed by atoms with Gasteiger partial charge in [-0.1, -0.05) is 12.1 Å². The summed E-state index contributed by atoms with van der Waals surface area (Å²) in [7, 11) is 0. The monoisotopic (exact) mass is 514 g/mol. The Morgan fingerprint density at radius 2 is 1.53 bits per heavy atom. The maximum atomic E-state index is 13.0. The summed E-state index contributed by atoms with van der Waals surface area (Å²) in [5.41, 5.74) is 4.44. The molecule has 0 N–H and O–H groups in total. The second kappa shape index (κ2) is 9.40. The van der Waals surface area contributed by atoms with Crippen LogP contribution in [0.25, 0.3) is 0 Å². The van der Waals surface area contributed by atoms with Crippen LogP contribution in [0.2, 0.25) is 0 Å². The van der Waals surface area contributed by atoms with Crippen LogP contribution in [0, 0.1) is 23.2 Å². The third-order valence-corrected chi connectivity index (χ3v) is 7.85. The van der Waals surface area contributed by atoms with Crippen LogP contribution in [0.1, 0.15) is 34.1 Å². The highest BCUT2D eigenvalue weighted by molar-refractivity contribution is 5.76. The van der Waals surface area contributed by atoms with Crippen molar-refractivity contribution in [3.63, 3.8) is 0 Å². The number of carbonyl (C=O) groups excluding carboxylic acids is 1. The van der Waals surface area contributed by atoms with Crippen LogP contribution in [0.5, 0.6) is 11.5 Å². The molecule has 3 aromatic rings. The van der Waals surface area contributed by atoms with E-state index in [2.05, 4.69) is 39.2 Å². The maximum Gasteiger partial charge on any atom is 0.346 e. The van der Waals surface area contributed by atoms with Crippen LogP contribution in [-0.2, 0) is 22.7 Å². The Labute approximate surface area is 219 Å². The molecule has 0 bridgehead atoms. The highest BCUT2D eigenvalue weighted by atomic mass is 16.7. The van der Waals surface area contributed by atoms with Crippen molar-refractivity contribution >= 4 is 6.03 Å². The van der Waals surface area contributed by atoms with E-state index in [1.165, 1.54) is 17.5 Å². The molecule has 7 rings (SSSR count). The predicted molar refractivity (Wildman–Crippen MR) is 131 cm³/mol. The molecule has 1 amide bonds. The molecule has 2 saturated heterocycles. The fraction of sp³-hybridized carbons (Fsp3) is 0.407. The molecule has 38 heavy (non-hydrogen) atoms. The molecule has 0 aliphatic carbocycles. The van der Waals surface area contributed by atoms with Gasteiger partial charge >= 0.3 is 6.03 Å². The molecule has 2 aromatic carbocycles. The predicted octanol–water partition coefficient (Wildman–Crippen LogP) is 2.50. The minimum Gasteiger partial charge on any atom is -0.467 e. The van der Waals surface area contributed by atoms with Crippen molar-refractivity contribution in [1.29, 1.82) is 5.26 Å². The molecule has 0 spiro atoms. The summed E-state index contributed by atoms with van der Waals surface area (Å²) in [5, 5.41) is 12.9. The first-order valence-electron chi connectivity index (χ1n) is 12.7. The smallest absolute Gasteiger partial charge is 0.346 e. The summed E-state index contributed by atoms with van der Waals surface area (Å²) in [6, 6.07) is 14.4. The van der Waals surface area contributed by atoms with E-state index in [4.69, 9.17) is 24.2 Å². The molecule has 194 valence electrons. The van der Waals surface area contributed by atoms with Crippen LogP contribution in [0.15, 0.2) is 42.7 Å². The number of benzene rings is 2. The van der Waals surface area contributed by atoms with E-state index in [1.807, 2.05) is 23.1 Å². The van der Waals surface area contributed by atoms with Gasteiger partial charge in [-0.05, 0) is 47.2 Å². The number of amides is 1. The average molecular weight is 515 g/mol. The first-order valence-corrected chi connectivity index (χ1v) is 12.7. The molecule has 1 aromatic heterocycles. The Kier molecular flexibility index (Phi) is 5.73. The van der Waals surface area contributed by atoms with E-state index >= 15 is 0 Å². The molecule has 11 nitrogen and oxygen atoms in total. The molecule has 2 atom stereocenters. The van der Waals surface area contributed by atoms with Crippen molar-refractivity contribution in [2.24, 2.45) is 11.8 Å². The number of carbonyl (C=O) groups is 1. The van der Waals surface area contributed by atoms with E-state index in [1.54, 1.807) is 0 Å². The zero-order valence-corrected chi connectivity index (χ0v) is 20.7. The van der Waals surface area contributed by atoms with Gasteiger partial charge in [-0.15, -0.1) is 5.10 Å². The Hall–Kier alpha value is -3.98. The summed E-state index contributed by atoms with van der Waals surface area (Å²) < 4.78 is 23.6. The van der Waals surface area contributed by atoms with E-state index in [0.717, 1.165) is 40.4 Å². The van der Waals surface area contributed by atoms with E-state index in [9.17, 15) is 4.79 Å². The van der Waals surface area contributed by atoms with Gasteiger partial charge in [-0.2, -0.15) is 9.94 Å². The van der Waals surface area contributed by atoms with E-state index in [-0.39, 0.29) is 31.5 Å². The number of hydrogen-bond donors (Lipinski definition) is 0. The van der Waals surface area contributed by atoms with Crippen molar-refractivity contribution in [2.75, 3.05) is 39.8 Å². The molecule has 0 saturated carbocycles. The third-order valence-electron chi connectivity index (χ3n) is 7.85. The number of hydrogen-bond acceptors (Lipinski definition) is 9. The lowest BCUT2D eigenvalue weighted by atomic mass is 9.93. The Balaban J connectivity index is 1.16. The second-order valence-corrected chi connectivity index (χ2v) is 10.1. The molecule has 2 fully saturated rings. The number of rotatable bonds is 3. The zero-order chi connectivity index (χ0) is 25.6. The number of aromatic nitrogens is 3. The highest BCUT2D eigenvalue weighted by Gasteiger charge is 2.44. The summed E-state index contributed by atoms with van der Waals surface area (Å²) in [6.45, 7) is 4.61. The second-order valence-electron chi connectivity index (χ2n) is 10.1. The lowest BCUT2D eigenvalue weighted by Gasteiger charge is -2.32. The van der Waals surface area contributed by atoms with Gasteiger partial charge in [0.05, 0.1) is 19.3 Å². The van der Waals surface area contributed by atoms with Crippen molar-refractivity contribution in [2.45, 2.75) is 19.3 Å². The van der Waals surface area contributed by atoms with Gasteiger partial charge < -0.3 is 23.8 Å². The van der Waals surface area contributed by atoms with Crippen LogP contribution in [0.3, 0.4) is 0 Å². The lowest BCUT2D eigenvalue weighted by Crippen LogP contribution is -2.37. The maximum absolute atomic E-state index is 13.0. The van der Waals surface area contributed by atoms with Crippen molar-refractivity contribution in [3.05, 3.63) is 70.8 Å². The fourth-order valence-corrected chi connectivity index (χ4v) is 6.12. The van der Waals surface area contributed by atoms with Gasteiger partial charge in [-0.3, -0.25) is 4.90 Å². The molecule has 11 heteroatoms. The number of fused-ring (bicyclic) bond motifs is 3. The average Bonchev–Trinajstić information content (AvgIpc) is 3.68. The quantitative estimate of drug-likeness (QED) is 0.520. The minimum atomic E-state index is -0.235. The van der Waals surface area contributed by atoms with Crippen LogP contribution < -0.4 is 9.47 Å². The third kappa shape index (κ3) is 4.07.